The fourth-order valence-electron chi connectivity index (χ4n) is 3.18. The van der Waals surface area contributed by atoms with Crippen LogP contribution < -0.4 is 15.5 Å². The van der Waals surface area contributed by atoms with E-state index in [4.69, 9.17) is 9.73 Å². The van der Waals surface area contributed by atoms with E-state index in [0.29, 0.717) is 6.54 Å². The van der Waals surface area contributed by atoms with Crippen molar-refractivity contribution in [3.05, 3.63) is 46.3 Å². The normalized spacial score (nSPS) is 15.5. The molecule has 0 aromatic carbocycles. The van der Waals surface area contributed by atoms with Crippen LogP contribution in [0.4, 0.5) is 5.82 Å². The minimum absolute atomic E-state index is 0.0532. The van der Waals surface area contributed by atoms with Gasteiger partial charge in [-0.05, 0) is 24.4 Å². The van der Waals surface area contributed by atoms with Crippen molar-refractivity contribution in [1.82, 2.24) is 15.6 Å². The highest BCUT2D eigenvalue weighted by Crippen LogP contribution is 2.26. The quantitative estimate of drug-likeness (QED) is 0.552. The number of aliphatic imine (C=N–C) groups is 1. The predicted octanol–water partition coefficient (Wildman–Crippen LogP) is 3.01. The van der Waals surface area contributed by atoms with Gasteiger partial charge < -0.3 is 20.3 Å². The SMILES string of the molecule is CCNC(=NCc1cccnc1N1CCOCC1)NCC(C)(C)c1cccs1. The van der Waals surface area contributed by atoms with Crippen LogP contribution in [0.5, 0.6) is 0 Å². The van der Waals surface area contributed by atoms with Crippen molar-refractivity contribution < 1.29 is 4.74 Å². The number of thiophene rings is 1. The smallest absolute Gasteiger partial charge is 0.191 e. The molecule has 1 fully saturated rings. The fourth-order valence-corrected chi connectivity index (χ4v) is 4.03. The zero-order valence-electron chi connectivity index (χ0n) is 17.1. The topological polar surface area (TPSA) is 61.8 Å². The Hall–Kier alpha value is -2.12. The van der Waals surface area contributed by atoms with Crippen LogP contribution in [0, 0.1) is 0 Å². The highest BCUT2D eigenvalue weighted by atomic mass is 32.1. The standard InChI is InChI=1S/C21H31N5OS/c1-4-22-20(25-16-21(2,3)18-8-6-14-28-18)24-15-17-7-5-9-23-19(17)26-10-12-27-13-11-26/h5-9,14H,4,10-13,15-16H2,1-3H3,(H2,22,24,25). The second-order valence-electron chi connectivity index (χ2n) is 7.50. The van der Waals surface area contributed by atoms with E-state index in [1.54, 1.807) is 11.3 Å². The molecule has 28 heavy (non-hydrogen) atoms. The Morgan fingerprint density at radius 3 is 2.79 bits per heavy atom. The first-order chi connectivity index (χ1) is 13.6. The largest absolute Gasteiger partial charge is 0.378 e. The molecule has 2 N–H and O–H groups in total. The van der Waals surface area contributed by atoms with Crippen molar-refractivity contribution in [2.24, 2.45) is 4.99 Å². The number of morpholine rings is 1. The molecule has 0 bridgehead atoms. The lowest BCUT2D eigenvalue weighted by Crippen LogP contribution is -2.43. The summed E-state index contributed by atoms with van der Waals surface area (Å²) in [4.78, 5) is 13.1. The number of nitrogens with zero attached hydrogens (tertiary/aromatic N) is 3. The van der Waals surface area contributed by atoms with Crippen molar-refractivity contribution >= 4 is 23.1 Å². The van der Waals surface area contributed by atoms with Gasteiger partial charge in [-0.15, -0.1) is 11.3 Å². The van der Waals surface area contributed by atoms with Gasteiger partial charge in [-0.3, -0.25) is 0 Å². The van der Waals surface area contributed by atoms with Crippen molar-refractivity contribution in [3.8, 4) is 0 Å². The molecule has 7 heteroatoms. The minimum Gasteiger partial charge on any atom is -0.378 e. The highest BCUT2D eigenvalue weighted by Gasteiger charge is 2.22. The van der Waals surface area contributed by atoms with E-state index >= 15 is 0 Å². The van der Waals surface area contributed by atoms with Crippen molar-refractivity contribution in [2.75, 3.05) is 44.3 Å². The molecule has 0 radical (unpaired) electrons. The number of rotatable bonds is 7. The maximum absolute atomic E-state index is 5.47. The maximum atomic E-state index is 5.47. The van der Waals surface area contributed by atoms with Crippen LogP contribution in [-0.4, -0.2) is 50.3 Å². The molecule has 0 spiro atoms. The highest BCUT2D eigenvalue weighted by molar-refractivity contribution is 7.10. The first-order valence-electron chi connectivity index (χ1n) is 9.93. The molecule has 0 unspecified atom stereocenters. The molecule has 0 aliphatic carbocycles. The molecule has 1 aliphatic heterocycles. The number of anilines is 1. The molecule has 0 saturated carbocycles. The number of nitrogens with one attached hydrogen (secondary N) is 2. The van der Waals surface area contributed by atoms with E-state index in [1.165, 1.54) is 4.88 Å². The number of hydrogen-bond donors (Lipinski definition) is 2. The van der Waals surface area contributed by atoms with Crippen molar-refractivity contribution in [2.45, 2.75) is 32.7 Å². The lowest BCUT2D eigenvalue weighted by atomic mass is 9.91. The number of guanidine groups is 1. The summed E-state index contributed by atoms with van der Waals surface area (Å²) in [6.45, 7) is 12.1. The van der Waals surface area contributed by atoms with Gasteiger partial charge in [0.25, 0.3) is 0 Å². The number of ether oxygens (including phenoxy) is 1. The summed E-state index contributed by atoms with van der Waals surface area (Å²) < 4.78 is 5.47. The minimum atomic E-state index is 0.0532. The Morgan fingerprint density at radius 2 is 2.07 bits per heavy atom. The van der Waals surface area contributed by atoms with E-state index in [1.807, 2.05) is 12.3 Å². The zero-order valence-corrected chi connectivity index (χ0v) is 17.9. The lowest BCUT2D eigenvalue weighted by molar-refractivity contribution is 0.122. The zero-order chi connectivity index (χ0) is 19.8. The van der Waals surface area contributed by atoms with Gasteiger partial charge in [-0.25, -0.2) is 9.98 Å². The van der Waals surface area contributed by atoms with E-state index in [2.05, 4.69) is 64.9 Å². The average Bonchev–Trinajstić information content (AvgIpc) is 3.27. The molecule has 1 saturated heterocycles. The second kappa shape index (κ2) is 9.89. The summed E-state index contributed by atoms with van der Waals surface area (Å²) in [6.07, 6.45) is 1.85. The first-order valence-corrected chi connectivity index (χ1v) is 10.8. The third kappa shape index (κ3) is 5.45. The van der Waals surface area contributed by atoms with Gasteiger partial charge in [0.1, 0.15) is 5.82 Å². The van der Waals surface area contributed by atoms with Crippen molar-refractivity contribution in [1.29, 1.82) is 0 Å². The molecular weight excluding hydrogens is 370 g/mol. The van der Waals surface area contributed by atoms with E-state index in [9.17, 15) is 0 Å². The maximum Gasteiger partial charge on any atom is 0.191 e. The van der Waals surface area contributed by atoms with Gasteiger partial charge >= 0.3 is 0 Å². The third-order valence-corrected chi connectivity index (χ3v) is 6.05. The molecule has 1 aliphatic rings. The monoisotopic (exact) mass is 401 g/mol. The molecule has 6 nitrogen and oxygen atoms in total. The Bertz CT molecular complexity index is 754. The molecular formula is C21H31N5OS. The van der Waals surface area contributed by atoms with Crippen LogP contribution in [0.3, 0.4) is 0 Å². The van der Waals surface area contributed by atoms with Crippen LogP contribution in [0.25, 0.3) is 0 Å². The molecule has 3 heterocycles. The Kier molecular flexibility index (Phi) is 7.28. The van der Waals surface area contributed by atoms with Crippen LogP contribution >= 0.6 is 11.3 Å². The van der Waals surface area contributed by atoms with Gasteiger partial charge in [0.2, 0.25) is 0 Å². The van der Waals surface area contributed by atoms with Crippen LogP contribution in [0.1, 0.15) is 31.2 Å². The lowest BCUT2D eigenvalue weighted by Gasteiger charge is -2.29. The molecule has 3 rings (SSSR count). The fraction of sp³-hybridized carbons (Fsp3) is 0.524. The van der Waals surface area contributed by atoms with Crippen LogP contribution in [-0.2, 0) is 16.7 Å². The van der Waals surface area contributed by atoms with Gasteiger partial charge in [-0.1, -0.05) is 26.0 Å². The van der Waals surface area contributed by atoms with Gasteiger partial charge in [0.05, 0.1) is 19.8 Å². The van der Waals surface area contributed by atoms with Gasteiger partial charge in [0.15, 0.2) is 5.96 Å². The summed E-state index contributed by atoms with van der Waals surface area (Å²) in [7, 11) is 0. The summed E-state index contributed by atoms with van der Waals surface area (Å²) >= 11 is 1.80. The summed E-state index contributed by atoms with van der Waals surface area (Å²) in [5.74, 6) is 1.85. The van der Waals surface area contributed by atoms with Crippen LogP contribution in [0.15, 0.2) is 40.8 Å². The number of hydrogen-bond acceptors (Lipinski definition) is 5. The van der Waals surface area contributed by atoms with Crippen molar-refractivity contribution in [3.63, 3.8) is 0 Å². The van der Waals surface area contributed by atoms with E-state index in [0.717, 1.165) is 56.7 Å². The Labute approximate surface area is 172 Å². The van der Waals surface area contributed by atoms with E-state index in [-0.39, 0.29) is 5.41 Å². The van der Waals surface area contributed by atoms with Gasteiger partial charge in [0, 0.05) is 48.2 Å². The summed E-state index contributed by atoms with van der Waals surface area (Å²) in [5.41, 5.74) is 1.19. The first kappa shape index (κ1) is 20.6. The van der Waals surface area contributed by atoms with Gasteiger partial charge in [-0.2, -0.15) is 0 Å². The average molecular weight is 402 g/mol. The molecule has 152 valence electrons. The Morgan fingerprint density at radius 1 is 1.25 bits per heavy atom. The summed E-state index contributed by atoms with van der Waals surface area (Å²) in [5, 5.41) is 9.00. The summed E-state index contributed by atoms with van der Waals surface area (Å²) in [6, 6.07) is 8.40. The van der Waals surface area contributed by atoms with E-state index < -0.39 is 0 Å². The predicted molar refractivity (Wildman–Crippen MR) is 117 cm³/mol. The second-order valence-corrected chi connectivity index (χ2v) is 8.44. The van der Waals surface area contributed by atoms with Crippen LogP contribution in [0.2, 0.25) is 0 Å². The Balaban J connectivity index is 1.68. The molecule has 2 aromatic heterocycles. The third-order valence-electron chi connectivity index (χ3n) is 4.82. The molecule has 2 aromatic rings. The molecule has 0 atom stereocenters. The number of aromatic nitrogens is 1. The molecule has 0 amide bonds. The number of pyridine rings is 1.